The molecular weight excluding hydrogens is 1770 g/mol. The SMILES string of the molecule is c1ccc(-c2ccc3c4c5ccccc5ccc4n(-c4cccc(-c5nc(-c6ccccc6)nc(-c6ccccc6)n5)c4)c3c2)cc1.c1ccc(-c2ccc3c4ccc5ccccc5c4n(-c4ccccc4-c4nc(-c5ccccc5)nc(-c5ccccc5)n4)c3c2)cc1.c1ccc(-c2nc(-c3ccc4ccccc4c3)nc(-c3ccccc3-n3c4cccc5c4c4c6c(cccc6ccc43)-c3ccccc3-5)n2)cc1. The molecule has 0 aliphatic heterocycles. The minimum atomic E-state index is 0.628. The number of nitrogens with zero attached hydrogens (tertiary/aromatic N) is 12. The van der Waals surface area contributed by atoms with Crippen molar-refractivity contribution in [3.63, 3.8) is 0 Å². The Morgan fingerprint density at radius 2 is 0.462 bits per heavy atom. The zero-order chi connectivity index (χ0) is 95.8. The Labute approximate surface area is 834 Å². The van der Waals surface area contributed by atoms with Gasteiger partial charge in [0.2, 0.25) is 0 Å². The van der Waals surface area contributed by atoms with Crippen molar-refractivity contribution in [1.29, 1.82) is 0 Å². The minimum absolute atomic E-state index is 0.628. The molecule has 0 saturated heterocycles. The summed E-state index contributed by atoms with van der Waals surface area (Å²) in [5.41, 5.74) is 28.2. The fraction of sp³-hybridized carbons (Fsp3) is 0. The third-order valence-corrected chi connectivity index (χ3v) is 28.0. The van der Waals surface area contributed by atoms with Gasteiger partial charge in [0.15, 0.2) is 52.4 Å². The molecule has 1 aliphatic carbocycles. The van der Waals surface area contributed by atoms with Crippen LogP contribution in [-0.2, 0) is 0 Å². The topological polar surface area (TPSA) is 131 Å². The van der Waals surface area contributed by atoms with E-state index in [1.54, 1.807) is 0 Å². The molecule has 22 aromatic carbocycles. The summed E-state index contributed by atoms with van der Waals surface area (Å²) < 4.78 is 7.20. The van der Waals surface area contributed by atoms with E-state index in [2.05, 4.69) is 384 Å². The van der Waals surface area contributed by atoms with Gasteiger partial charge in [-0.05, 0) is 155 Å². The highest BCUT2D eigenvalue weighted by Gasteiger charge is 2.29. The van der Waals surface area contributed by atoms with Crippen LogP contribution in [0.15, 0.2) is 510 Å². The lowest BCUT2D eigenvalue weighted by atomic mass is 9.93. The molecule has 1 aliphatic rings. The van der Waals surface area contributed by atoms with E-state index in [0.717, 1.165) is 106 Å². The van der Waals surface area contributed by atoms with Crippen LogP contribution >= 0.6 is 0 Å². The molecule has 0 N–H and O–H groups in total. The number of hydrogen-bond donors (Lipinski definition) is 0. The highest BCUT2D eigenvalue weighted by Crippen LogP contribution is 2.52. The van der Waals surface area contributed by atoms with Crippen LogP contribution < -0.4 is 0 Å². The third-order valence-electron chi connectivity index (χ3n) is 28.0. The first-order valence-corrected chi connectivity index (χ1v) is 48.9. The van der Waals surface area contributed by atoms with Gasteiger partial charge in [-0.25, -0.2) is 44.9 Å². The van der Waals surface area contributed by atoms with Crippen molar-refractivity contribution < 1.29 is 0 Å². The van der Waals surface area contributed by atoms with E-state index in [0.29, 0.717) is 52.4 Å². The van der Waals surface area contributed by atoms with E-state index in [4.69, 9.17) is 44.9 Å². The van der Waals surface area contributed by atoms with Crippen molar-refractivity contribution in [3.8, 4) is 164 Å². The van der Waals surface area contributed by atoms with Gasteiger partial charge < -0.3 is 13.7 Å². The van der Waals surface area contributed by atoms with Gasteiger partial charge in [0.05, 0.1) is 44.5 Å². The summed E-state index contributed by atoms with van der Waals surface area (Å²) in [7, 11) is 0. The average Bonchev–Trinajstić information content (AvgIpc) is 1.53. The first-order valence-electron chi connectivity index (χ1n) is 48.9. The number of fused-ring (bicyclic) bond motifs is 14. The summed E-state index contributed by atoms with van der Waals surface area (Å²) in [4.78, 5) is 45.6. The Kier molecular flexibility index (Phi) is 21.0. The van der Waals surface area contributed by atoms with Crippen molar-refractivity contribution in [1.82, 2.24) is 58.6 Å². The average molecular weight is 1850 g/mol. The predicted octanol–water partition coefficient (Wildman–Crippen LogP) is 33.5. The second-order valence-electron chi connectivity index (χ2n) is 36.6. The van der Waals surface area contributed by atoms with Crippen molar-refractivity contribution >= 4 is 109 Å². The fourth-order valence-electron chi connectivity index (χ4n) is 21.3. The van der Waals surface area contributed by atoms with E-state index < -0.39 is 0 Å². The van der Waals surface area contributed by atoms with E-state index in [1.165, 1.54) is 115 Å². The van der Waals surface area contributed by atoms with Crippen LogP contribution in [0.1, 0.15) is 0 Å². The molecule has 6 aromatic heterocycles. The lowest BCUT2D eigenvalue weighted by Crippen LogP contribution is -2.03. The van der Waals surface area contributed by atoms with E-state index in [1.807, 2.05) is 140 Å². The molecule has 12 nitrogen and oxygen atoms in total. The summed E-state index contributed by atoms with van der Waals surface area (Å²) in [6, 6.07) is 179. The molecule has 145 heavy (non-hydrogen) atoms. The summed E-state index contributed by atoms with van der Waals surface area (Å²) in [6.07, 6.45) is 0. The monoisotopic (exact) mass is 1850 g/mol. The van der Waals surface area contributed by atoms with Gasteiger partial charge in [-0.3, -0.25) is 0 Å². The summed E-state index contributed by atoms with van der Waals surface area (Å²) >= 11 is 0. The van der Waals surface area contributed by atoms with Crippen molar-refractivity contribution in [2.45, 2.75) is 0 Å². The molecule has 0 radical (unpaired) electrons. The number of aromatic nitrogens is 12. The number of benzene rings is 22. The number of rotatable bonds is 14. The van der Waals surface area contributed by atoms with Crippen LogP contribution in [0, 0.1) is 0 Å². The first kappa shape index (κ1) is 84.6. The summed E-state index contributed by atoms with van der Waals surface area (Å²) in [5.74, 6) is 5.76. The maximum atomic E-state index is 5.22. The zero-order valence-corrected chi connectivity index (χ0v) is 78.4. The van der Waals surface area contributed by atoms with Crippen LogP contribution in [0.4, 0.5) is 0 Å². The second-order valence-corrected chi connectivity index (χ2v) is 36.6. The molecule has 676 valence electrons. The fourth-order valence-corrected chi connectivity index (χ4v) is 21.3. The summed E-state index contributed by atoms with van der Waals surface area (Å²) in [5, 5.41) is 17.1. The molecule has 12 heteroatoms. The second kappa shape index (κ2) is 35.9. The van der Waals surface area contributed by atoms with Crippen molar-refractivity contribution in [3.05, 3.63) is 510 Å². The first-order chi connectivity index (χ1) is 71.9. The largest absolute Gasteiger partial charge is 0.309 e. The number of para-hydroxylation sites is 2. The molecule has 0 spiro atoms. The maximum Gasteiger partial charge on any atom is 0.166 e. The standard InChI is InChI=1S/C47H28N4.2C43H28N4/c1-2-13-31(14-3-1)45-48-46(33-25-24-29-12-4-5-15-32(29)28-33)50-47(49-45)38-19-8-9-22-39(38)51-40-23-11-21-37-35-18-7-6-17-34(35)36-20-10-16-30-26-27-41(51)44(42(30)36)43(37)40;1-4-14-29(15-5-1)33-25-26-35-36-27-24-30-16-10-11-21-34(30)40(36)47(39(35)28-33)38-23-13-12-22-37(38)43-45-41(31-17-6-2-7-18-31)44-42(46-43)32-19-8-3-9-20-32;1-4-13-29(14-5-1)33-23-25-37-39(28-33)47(38-26-24-30-15-10-11-22-36(30)40(37)38)35-21-12-20-34(27-35)43-45-41(31-16-6-2-7-17-31)44-42(46-43)32-18-8-3-9-19-32/h1-28H;2*1-28H. The number of hydrogen-bond acceptors (Lipinski definition) is 9. The van der Waals surface area contributed by atoms with Crippen molar-refractivity contribution in [2.75, 3.05) is 0 Å². The van der Waals surface area contributed by atoms with E-state index in [-0.39, 0.29) is 0 Å². The van der Waals surface area contributed by atoms with Crippen molar-refractivity contribution in [2.24, 2.45) is 0 Å². The zero-order valence-electron chi connectivity index (χ0n) is 78.4. The van der Waals surface area contributed by atoms with Crippen LogP contribution in [0.3, 0.4) is 0 Å². The molecule has 0 saturated carbocycles. The molecular formula is C133H84N12. The highest BCUT2D eigenvalue weighted by atomic mass is 15.1. The van der Waals surface area contributed by atoms with E-state index in [9.17, 15) is 0 Å². The van der Waals surface area contributed by atoms with Gasteiger partial charge in [0.1, 0.15) is 0 Å². The molecule has 0 atom stereocenters. The Hall–Kier alpha value is -19.7. The van der Waals surface area contributed by atoms with Crippen LogP contribution in [0.25, 0.3) is 273 Å². The van der Waals surface area contributed by atoms with Gasteiger partial charge in [-0.2, -0.15) is 0 Å². The van der Waals surface area contributed by atoms with Crippen LogP contribution in [0.5, 0.6) is 0 Å². The smallest absolute Gasteiger partial charge is 0.166 e. The van der Waals surface area contributed by atoms with Gasteiger partial charge in [0.25, 0.3) is 0 Å². The Balaban J connectivity index is 0.000000108. The normalized spacial score (nSPS) is 11.6. The highest BCUT2D eigenvalue weighted by molar-refractivity contribution is 6.31. The Morgan fingerprint density at radius 1 is 0.131 bits per heavy atom. The molecule has 0 bridgehead atoms. The van der Waals surface area contributed by atoms with Gasteiger partial charge in [-0.1, -0.05) is 437 Å². The Morgan fingerprint density at radius 3 is 0.993 bits per heavy atom. The molecule has 0 unspecified atom stereocenters. The molecule has 29 rings (SSSR count). The van der Waals surface area contributed by atoms with Crippen LogP contribution in [0.2, 0.25) is 0 Å². The quantitative estimate of drug-likeness (QED) is 0.104. The molecule has 28 aromatic rings. The lowest BCUT2D eigenvalue weighted by Gasteiger charge is -2.16. The van der Waals surface area contributed by atoms with Gasteiger partial charge in [-0.15, -0.1) is 0 Å². The van der Waals surface area contributed by atoms with Crippen LogP contribution in [-0.4, -0.2) is 58.6 Å². The predicted molar refractivity (Wildman–Crippen MR) is 597 cm³/mol. The molecule has 0 amide bonds. The summed E-state index contributed by atoms with van der Waals surface area (Å²) in [6.45, 7) is 0. The molecule has 6 heterocycles. The van der Waals surface area contributed by atoms with Gasteiger partial charge in [0, 0.05) is 93.5 Å². The Bertz CT molecular complexity index is 9830. The van der Waals surface area contributed by atoms with Gasteiger partial charge >= 0.3 is 0 Å². The third kappa shape index (κ3) is 15.2. The maximum absolute atomic E-state index is 5.22. The lowest BCUT2D eigenvalue weighted by molar-refractivity contribution is 1.06. The minimum Gasteiger partial charge on any atom is -0.309 e. The molecule has 0 fully saturated rings. The van der Waals surface area contributed by atoms with E-state index >= 15 is 0 Å².